The molecule has 6 nitrogen and oxygen atoms in total. The highest BCUT2D eigenvalue weighted by Crippen LogP contribution is 2.27. The molecule has 1 aromatic heterocycles. The van der Waals surface area contributed by atoms with Crippen molar-refractivity contribution in [1.29, 1.82) is 0 Å². The van der Waals surface area contributed by atoms with Crippen molar-refractivity contribution in [1.82, 2.24) is 9.97 Å². The lowest BCUT2D eigenvalue weighted by atomic mass is 10.2. The Labute approximate surface area is 145 Å². The van der Waals surface area contributed by atoms with Crippen molar-refractivity contribution in [2.75, 3.05) is 17.7 Å². The summed E-state index contributed by atoms with van der Waals surface area (Å²) in [5.41, 5.74) is 2.97. The Kier molecular flexibility index (Phi) is 4.89. The summed E-state index contributed by atoms with van der Waals surface area (Å²) >= 11 is 0. The van der Waals surface area contributed by atoms with Gasteiger partial charge in [-0.15, -0.1) is 0 Å². The van der Waals surface area contributed by atoms with Gasteiger partial charge in [-0.2, -0.15) is 0 Å². The maximum absolute atomic E-state index is 12.1. The van der Waals surface area contributed by atoms with Crippen molar-refractivity contribution < 1.29 is 9.53 Å². The van der Waals surface area contributed by atoms with Gasteiger partial charge in [0.05, 0.1) is 30.9 Å². The summed E-state index contributed by atoms with van der Waals surface area (Å²) in [6.45, 7) is 1.99. The number of ether oxygens (including phenoxy) is 1. The van der Waals surface area contributed by atoms with Crippen LogP contribution in [0.25, 0.3) is 0 Å². The summed E-state index contributed by atoms with van der Waals surface area (Å²) < 4.78 is 5.35. The number of carbonyl (C=O) groups excluding carboxylic acids is 1. The normalized spacial score (nSPS) is 10.2. The number of amides is 1. The molecule has 0 spiro atoms. The maximum atomic E-state index is 12.1. The Morgan fingerprint density at radius 2 is 1.76 bits per heavy atom. The zero-order chi connectivity index (χ0) is 17.6. The van der Waals surface area contributed by atoms with Gasteiger partial charge in [0.1, 0.15) is 5.75 Å². The minimum absolute atomic E-state index is 0.204. The van der Waals surface area contributed by atoms with Crippen LogP contribution in [-0.2, 0) is 0 Å². The molecule has 2 N–H and O–H groups in total. The lowest BCUT2D eigenvalue weighted by Crippen LogP contribution is -2.12. The summed E-state index contributed by atoms with van der Waals surface area (Å²) in [4.78, 5) is 20.6. The van der Waals surface area contributed by atoms with Gasteiger partial charge < -0.3 is 15.4 Å². The number of hydrogen-bond acceptors (Lipinski definition) is 5. The van der Waals surface area contributed by atoms with Gasteiger partial charge in [-0.1, -0.05) is 24.3 Å². The number of nitrogens with one attached hydrogen (secondary N) is 2. The highest BCUT2D eigenvalue weighted by atomic mass is 16.5. The third-order valence-corrected chi connectivity index (χ3v) is 3.55. The summed E-state index contributed by atoms with van der Waals surface area (Å²) in [6.07, 6.45) is 3.10. The van der Waals surface area contributed by atoms with Crippen LogP contribution in [-0.4, -0.2) is 23.0 Å². The van der Waals surface area contributed by atoms with E-state index in [1.54, 1.807) is 31.6 Å². The van der Waals surface area contributed by atoms with Gasteiger partial charge in [-0.05, 0) is 36.8 Å². The summed E-state index contributed by atoms with van der Waals surface area (Å²) in [5, 5.41) is 5.87. The number of carbonyl (C=O) groups is 1. The van der Waals surface area contributed by atoms with Crippen LogP contribution in [0.3, 0.4) is 0 Å². The predicted octanol–water partition coefficient (Wildman–Crippen LogP) is 3.79. The molecule has 0 bridgehead atoms. The average molecular weight is 334 g/mol. The average Bonchev–Trinajstić information content (AvgIpc) is 2.65. The molecule has 0 aliphatic carbocycles. The molecule has 1 heterocycles. The minimum Gasteiger partial charge on any atom is -0.495 e. The number of methoxy groups -OCH3 is 1. The summed E-state index contributed by atoms with van der Waals surface area (Å²) in [6, 6.07) is 14.8. The van der Waals surface area contributed by atoms with Crippen LogP contribution in [0, 0.1) is 6.92 Å². The second-order valence-corrected chi connectivity index (χ2v) is 5.44. The van der Waals surface area contributed by atoms with E-state index in [0.29, 0.717) is 22.9 Å². The smallest absolute Gasteiger partial charge is 0.255 e. The first kappa shape index (κ1) is 16.4. The summed E-state index contributed by atoms with van der Waals surface area (Å²) in [7, 11) is 1.61. The topological polar surface area (TPSA) is 76.1 Å². The second-order valence-electron chi connectivity index (χ2n) is 5.44. The highest BCUT2D eigenvalue weighted by molar-refractivity contribution is 6.04. The number of aryl methyl sites for hydroxylation is 1. The van der Waals surface area contributed by atoms with E-state index in [0.717, 1.165) is 11.3 Å². The molecule has 25 heavy (non-hydrogen) atoms. The number of hydrogen-bond donors (Lipinski definition) is 2. The Hall–Kier alpha value is -3.41. The molecule has 3 aromatic rings. The minimum atomic E-state index is -0.204. The first-order valence-electron chi connectivity index (χ1n) is 7.76. The van der Waals surface area contributed by atoms with Crippen LogP contribution < -0.4 is 15.4 Å². The van der Waals surface area contributed by atoms with Gasteiger partial charge in [0, 0.05) is 5.56 Å². The molecule has 0 unspecified atom stereocenters. The van der Waals surface area contributed by atoms with Crippen molar-refractivity contribution in [3.8, 4) is 5.75 Å². The fourth-order valence-electron chi connectivity index (χ4n) is 2.27. The van der Waals surface area contributed by atoms with Crippen molar-refractivity contribution in [2.24, 2.45) is 0 Å². The van der Waals surface area contributed by atoms with E-state index < -0.39 is 0 Å². The Bertz CT molecular complexity index is 864. The summed E-state index contributed by atoms with van der Waals surface area (Å²) in [5.74, 6) is 0.926. The second kappa shape index (κ2) is 7.44. The number of anilines is 3. The molecule has 0 aliphatic heterocycles. The lowest BCUT2D eigenvalue weighted by Gasteiger charge is -2.11. The standard InChI is InChI=1S/C19H18N4O2/c1-13-8-9-16(17(10-13)25-2)23-19-20-11-15(12-21-19)22-18(24)14-6-4-3-5-7-14/h3-12H,1-2H3,(H,22,24)(H,20,21,23). The first-order valence-corrected chi connectivity index (χ1v) is 7.76. The van der Waals surface area contributed by atoms with Gasteiger partial charge in [-0.25, -0.2) is 9.97 Å². The number of nitrogens with zero attached hydrogens (tertiary/aromatic N) is 2. The molecule has 0 aliphatic rings. The fraction of sp³-hybridized carbons (Fsp3) is 0.105. The van der Waals surface area contributed by atoms with Gasteiger partial charge in [0.25, 0.3) is 5.91 Å². The Morgan fingerprint density at radius 1 is 1.04 bits per heavy atom. The zero-order valence-corrected chi connectivity index (χ0v) is 14.0. The van der Waals surface area contributed by atoms with Crippen molar-refractivity contribution >= 4 is 23.2 Å². The maximum Gasteiger partial charge on any atom is 0.255 e. The van der Waals surface area contributed by atoms with Gasteiger partial charge >= 0.3 is 0 Å². The van der Waals surface area contributed by atoms with E-state index in [1.165, 1.54) is 0 Å². The van der Waals surface area contributed by atoms with Crippen LogP contribution in [0.15, 0.2) is 60.9 Å². The molecule has 3 rings (SSSR count). The van der Waals surface area contributed by atoms with Crippen LogP contribution in [0.5, 0.6) is 5.75 Å². The highest BCUT2D eigenvalue weighted by Gasteiger charge is 2.08. The number of aromatic nitrogens is 2. The van der Waals surface area contributed by atoms with Crippen LogP contribution in [0.1, 0.15) is 15.9 Å². The van der Waals surface area contributed by atoms with Crippen LogP contribution in [0.2, 0.25) is 0 Å². The fourth-order valence-corrected chi connectivity index (χ4v) is 2.27. The number of benzene rings is 2. The van der Waals surface area contributed by atoms with Gasteiger partial charge in [0.15, 0.2) is 0 Å². The monoisotopic (exact) mass is 334 g/mol. The van der Waals surface area contributed by atoms with Crippen molar-refractivity contribution in [3.63, 3.8) is 0 Å². The molecule has 0 saturated carbocycles. The van der Waals surface area contributed by atoms with Crippen molar-refractivity contribution in [2.45, 2.75) is 6.92 Å². The van der Waals surface area contributed by atoms with Crippen LogP contribution in [0.4, 0.5) is 17.3 Å². The third kappa shape index (κ3) is 4.11. The molecule has 1 amide bonds. The van der Waals surface area contributed by atoms with E-state index in [-0.39, 0.29) is 5.91 Å². The molecule has 126 valence electrons. The van der Waals surface area contributed by atoms with E-state index in [9.17, 15) is 4.79 Å². The molecular formula is C19H18N4O2. The Balaban J connectivity index is 1.69. The van der Waals surface area contributed by atoms with E-state index in [2.05, 4.69) is 20.6 Å². The molecule has 0 saturated heterocycles. The largest absolute Gasteiger partial charge is 0.495 e. The molecule has 0 fully saturated rings. The van der Waals surface area contributed by atoms with Gasteiger partial charge in [0.2, 0.25) is 5.95 Å². The lowest BCUT2D eigenvalue weighted by molar-refractivity contribution is 0.102. The molecule has 0 radical (unpaired) electrons. The molecule has 0 atom stereocenters. The molecular weight excluding hydrogens is 316 g/mol. The molecule has 6 heteroatoms. The van der Waals surface area contributed by atoms with Crippen LogP contribution >= 0.6 is 0 Å². The van der Waals surface area contributed by atoms with Gasteiger partial charge in [-0.3, -0.25) is 4.79 Å². The predicted molar refractivity (Wildman–Crippen MR) is 97.4 cm³/mol. The third-order valence-electron chi connectivity index (χ3n) is 3.55. The van der Waals surface area contributed by atoms with E-state index in [1.807, 2.05) is 43.3 Å². The first-order chi connectivity index (χ1) is 12.2. The SMILES string of the molecule is COc1cc(C)ccc1Nc1ncc(NC(=O)c2ccccc2)cn1. The van der Waals surface area contributed by atoms with Crippen molar-refractivity contribution in [3.05, 3.63) is 72.1 Å². The Morgan fingerprint density at radius 3 is 2.44 bits per heavy atom. The quantitative estimate of drug-likeness (QED) is 0.742. The number of rotatable bonds is 5. The zero-order valence-electron chi connectivity index (χ0n) is 14.0. The molecule has 2 aromatic carbocycles. The van der Waals surface area contributed by atoms with E-state index >= 15 is 0 Å². The van der Waals surface area contributed by atoms with E-state index in [4.69, 9.17) is 4.74 Å².